The van der Waals surface area contributed by atoms with Crippen molar-refractivity contribution in [2.24, 2.45) is 5.92 Å². The SMILES string of the molecule is COc1cc2cc([C@@H](c3nnnn3C3CCCC3)N3CCC[C@@H](C)C3)c(=O)[nH]c2cc1OC. The molecule has 3 heterocycles. The number of ether oxygens (including phenoxy) is 2. The first kappa shape index (κ1) is 21.9. The minimum Gasteiger partial charge on any atom is -0.493 e. The van der Waals surface area contributed by atoms with Crippen molar-refractivity contribution in [2.45, 2.75) is 57.5 Å². The maximum atomic E-state index is 13.4. The van der Waals surface area contributed by atoms with Crippen molar-refractivity contribution < 1.29 is 9.47 Å². The quantitative estimate of drug-likeness (QED) is 0.611. The van der Waals surface area contributed by atoms with Crippen LogP contribution >= 0.6 is 0 Å². The van der Waals surface area contributed by atoms with E-state index in [1.165, 1.54) is 19.3 Å². The van der Waals surface area contributed by atoms with Crippen molar-refractivity contribution >= 4 is 10.9 Å². The number of nitrogens with one attached hydrogen (secondary N) is 1. The van der Waals surface area contributed by atoms with E-state index in [4.69, 9.17) is 9.47 Å². The smallest absolute Gasteiger partial charge is 0.253 e. The van der Waals surface area contributed by atoms with E-state index in [2.05, 4.69) is 32.3 Å². The maximum absolute atomic E-state index is 13.4. The molecule has 3 aromatic rings. The van der Waals surface area contributed by atoms with Gasteiger partial charge < -0.3 is 14.5 Å². The largest absolute Gasteiger partial charge is 0.493 e. The Morgan fingerprint density at radius 1 is 1.06 bits per heavy atom. The zero-order chi connectivity index (χ0) is 22.9. The van der Waals surface area contributed by atoms with Gasteiger partial charge in [-0.15, -0.1) is 5.10 Å². The van der Waals surface area contributed by atoms with Crippen LogP contribution in [-0.2, 0) is 0 Å². The Kier molecular flexibility index (Phi) is 6.05. The number of nitrogens with zero attached hydrogens (tertiary/aromatic N) is 5. The van der Waals surface area contributed by atoms with Crippen molar-refractivity contribution in [2.75, 3.05) is 27.3 Å². The molecule has 1 aliphatic heterocycles. The molecule has 1 aliphatic carbocycles. The molecule has 0 bridgehead atoms. The molecule has 1 N–H and O–H groups in total. The van der Waals surface area contributed by atoms with E-state index in [-0.39, 0.29) is 11.6 Å². The molecule has 1 aromatic carbocycles. The molecule has 2 aliphatic rings. The number of pyridine rings is 1. The Morgan fingerprint density at radius 3 is 2.55 bits per heavy atom. The molecule has 33 heavy (non-hydrogen) atoms. The molecule has 1 saturated heterocycles. The number of piperidine rings is 1. The normalized spacial score (nSPS) is 20.9. The Bertz CT molecular complexity index is 1180. The highest BCUT2D eigenvalue weighted by Gasteiger charge is 2.34. The van der Waals surface area contributed by atoms with Gasteiger partial charge in [0.25, 0.3) is 5.56 Å². The number of fused-ring (bicyclic) bond motifs is 1. The first-order chi connectivity index (χ1) is 16.1. The molecule has 0 unspecified atom stereocenters. The number of benzene rings is 1. The van der Waals surface area contributed by atoms with Crippen molar-refractivity contribution in [1.29, 1.82) is 0 Å². The van der Waals surface area contributed by atoms with Crippen LogP contribution in [0.1, 0.15) is 68.9 Å². The van der Waals surface area contributed by atoms with Gasteiger partial charge in [-0.25, -0.2) is 4.68 Å². The van der Waals surface area contributed by atoms with Gasteiger partial charge in [-0.3, -0.25) is 9.69 Å². The predicted octanol–water partition coefficient (Wildman–Crippen LogP) is 3.47. The van der Waals surface area contributed by atoms with Crippen LogP contribution in [0.15, 0.2) is 23.0 Å². The molecule has 2 atom stereocenters. The van der Waals surface area contributed by atoms with Crippen molar-refractivity contribution in [3.63, 3.8) is 0 Å². The summed E-state index contributed by atoms with van der Waals surface area (Å²) in [6.07, 6.45) is 6.82. The van der Waals surface area contributed by atoms with Crippen molar-refractivity contribution in [3.8, 4) is 11.5 Å². The van der Waals surface area contributed by atoms with Crippen molar-refractivity contribution in [1.82, 2.24) is 30.1 Å². The summed E-state index contributed by atoms with van der Waals surface area (Å²) < 4.78 is 12.9. The number of aromatic nitrogens is 5. The molecule has 0 amide bonds. The van der Waals surface area contributed by atoms with E-state index in [9.17, 15) is 4.79 Å². The van der Waals surface area contributed by atoms with E-state index in [1.807, 2.05) is 16.8 Å². The number of likely N-dealkylation sites (tertiary alicyclic amines) is 1. The van der Waals surface area contributed by atoms with E-state index < -0.39 is 0 Å². The second-order valence-electron chi connectivity index (χ2n) is 9.41. The lowest BCUT2D eigenvalue weighted by molar-refractivity contribution is 0.139. The summed E-state index contributed by atoms with van der Waals surface area (Å²) in [7, 11) is 3.20. The number of methoxy groups -OCH3 is 2. The third-order valence-electron chi connectivity index (χ3n) is 7.16. The minimum atomic E-state index is -0.301. The highest BCUT2D eigenvalue weighted by Crippen LogP contribution is 2.36. The Labute approximate surface area is 193 Å². The zero-order valence-corrected chi connectivity index (χ0v) is 19.6. The van der Waals surface area contributed by atoms with Crippen LogP contribution in [0.5, 0.6) is 11.5 Å². The summed E-state index contributed by atoms with van der Waals surface area (Å²) >= 11 is 0. The van der Waals surface area contributed by atoms with Crippen LogP contribution in [0.4, 0.5) is 0 Å². The van der Waals surface area contributed by atoms with Gasteiger partial charge in [0.1, 0.15) is 6.04 Å². The molecule has 9 heteroatoms. The van der Waals surface area contributed by atoms with E-state index >= 15 is 0 Å². The molecule has 176 valence electrons. The number of hydrogen-bond acceptors (Lipinski definition) is 7. The fourth-order valence-electron chi connectivity index (χ4n) is 5.50. The van der Waals surface area contributed by atoms with Crippen LogP contribution in [0.2, 0.25) is 0 Å². The van der Waals surface area contributed by atoms with Gasteiger partial charge in [0, 0.05) is 23.6 Å². The minimum absolute atomic E-state index is 0.126. The standard InChI is InChI=1S/C24H32N6O3/c1-15-7-6-10-29(14-15)22(23-26-27-28-30(23)17-8-4-5-9-17)18-11-16-12-20(32-2)21(33-3)13-19(16)25-24(18)31/h11-13,15,17,22H,4-10,14H2,1-3H3,(H,25,31)/t15-,22+/m1/s1. The van der Waals surface area contributed by atoms with Gasteiger partial charge >= 0.3 is 0 Å². The van der Waals surface area contributed by atoms with Crippen molar-refractivity contribution in [3.05, 3.63) is 39.9 Å². The first-order valence-corrected chi connectivity index (χ1v) is 11.9. The summed E-state index contributed by atoms with van der Waals surface area (Å²) in [5.74, 6) is 2.53. The number of aromatic amines is 1. The summed E-state index contributed by atoms with van der Waals surface area (Å²) in [5.41, 5.74) is 1.25. The van der Waals surface area contributed by atoms with E-state index in [0.717, 1.165) is 43.6 Å². The van der Waals surface area contributed by atoms with Gasteiger partial charge in [0.2, 0.25) is 0 Å². The molecule has 5 rings (SSSR count). The third-order valence-corrected chi connectivity index (χ3v) is 7.16. The third kappa shape index (κ3) is 4.10. The van der Waals surface area contributed by atoms with Crippen LogP contribution in [0.3, 0.4) is 0 Å². The molecule has 0 radical (unpaired) electrons. The molecule has 0 spiro atoms. The van der Waals surface area contributed by atoms with Gasteiger partial charge in [-0.1, -0.05) is 19.8 Å². The van der Waals surface area contributed by atoms with E-state index in [1.54, 1.807) is 20.3 Å². The lowest BCUT2D eigenvalue weighted by atomic mass is 9.95. The Balaban J connectivity index is 1.66. The summed E-state index contributed by atoms with van der Waals surface area (Å²) in [6, 6.07) is 5.67. The van der Waals surface area contributed by atoms with Gasteiger partial charge in [0.05, 0.1) is 25.8 Å². The van der Waals surface area contributed by atoms with Crippen LogP contribution in [0, 0.1) is 5.92 Å². The van der Waals surface area contributed by atoms with E-state index in [0.29, 0.717) is 34.5 Å². The fraction of sp³-hybridized carbons (Fsp3) is 0.583. The highest BCUT2D eigenvalue weighted by atomic mass is 16.5. The topological polar surface area (TPSA) is 98.2 Å². The Morgan fingerprint density at radius 2 is 1.82 bits per heavy atom. The molecule has 2 aromatic heterocycles. The molecule has 1 saturated carbocycles. The second kappa shape index (κ2) is 9.13. The molecule has 9 nitrogen and oxygen atoms in total. The van der Waals surface area contributed by atoms with Crippen LogP contribution < -0.4 is 15.0 Å². The summed E-state index contributed by atoms with van der Waals surface area (Å²) in [6.45, 7) is 4.09. The van der Waals surface area contributed by atoms with Gasteiger partial charge in [-0.05, 0) is 60.7 Å². The number of hydrogen-bond donors (Lipinski definition) is 1. The maximum Gasteiger partial charge on any atom is 0.253 e. The Hall–Kier alpha value is -2.94. The number of rotatable bonds is 6. The lowest BCUT2D eigenvalue weighted by Gasteiger charge is -2.36. The highest BCUT2D eigenvalue weighted by molar-refractivity contribution is 5.83. The average molecular weight is 453 g/mol. The fourth-order valence-corrected chi connectivity index (χ4v) is 5.50. The second-order valence-corrected chi connectivity index (χ2v) is 9.41. The molecule has 2 fully saturated rings. The first-order valence-electron chi connectivity index (χ1n) is 11.9. The zero-order valence-electron chi connectivity index (χ0n) is 19.6. The monoisotopic (exact) mass is 452 g/mol. The van der Waals surface area contributed by atoms with Crippen LogP contribution in [-0.4, -0.2) is 57.4 Å². The number of tetrazole rings is 1. The predicted molar refractivity (Wildman–Crippen MR) is 125 cm³/mol. The molecular formula is C24H32N6O3. The number of H-pyrrole nitrogens is 1. The summed E-state index contributed by atoms with van der Waals surface area (Å²) in [5, 5.41) is 13.8. The molecular weight excluding hydrogens is 420 g/mol. The lowest BCUT2D eigenvalue weighted by Crippen LogP contribution is -2.41. The average Bonchev–Trinajstić information content (AvgIpc) is 3.51. The summed E-state index contributed by atoms with van der Waals surface area (Å²) in [4.78, 5) is 18.9. The van der Waals surface area contributed by atoms with Crippen LogP contribution in [0.25, 0.3) is 10.9 Å². The van der Waals surface area contributed by atoms with Gasteiger partial charge in [0.15, 0.2) is 17.3 Å². The van der Waals surface area contributed by atoms with Gasteiger partial charge in [-0.2, -0.15) is 0 Å².